The number of aryl methyl sites for hydroxylation is 1. The molecule has 1 aromatic carbocycles. The maximum absolute atomic E-state index is 13.0. The highest BCUT2D eigenvalue weighted by Crippen LogP contribution is 2.34. The summed E-state index contributed by atoms with van der Waals surface area (Å²) < 4.78 is 41.1. The normalized spacial score (nSPS) is 18.2. The van der Waals surface area contributed by atoms with E-state index in [0.29, 0.717) is 27.8 Å². The number of nitriles is 1. The van der Waals surface area contributed by atoms with Gasteiger partial charge in [-0.25, -0.2) is 4.98 Å². The first-order chi connectivity index (χ1) is 21.1. The number of benzene rings is 1. The molecular formula is C31H38F3N9S. The highest BCUT2D eigenvalue weighted by Gasteiger charge is 2.30. The number of hydrogen-bond donors (Lipinski definition) is 3. The van der Waals surface area contributed by atoms with E-state index in [1.54, 1.807) is 0 Å². The van der Waals surface area contributed by atoms with Crippen LogP contribution < -0.4 is 16.4 Å². The molecule has 3 aromatic heterocycles. The predicted octanol–water partition coefficient (Wildman–Crippen LogP) is 4.88. The Morgan fingerprint density at radius 1 is 1.14 bits per heavy atom. The second kappa shape index (κ2) is 12.5. The molecule has 234 valence electrons. The second-order valence-electron chi connectivity index (χ2n) is 12.0. The number of alkyl halides is 3. The molecule has 0 unspecified atom stereocenters. The minimum absolute atomic E-state index is 0.0513. The number of aromatic nitrogens is 3. The molecule has 4 aromatic rings. The summed E-state index contributed by atoms with van der Waals surface area (Å²) in [4.78, 5) is 14.1. The number of nitrogens with one attached hydrogen (secondary N) is 2. The summed E-state index contributed by atoms with van der Waals surface area (Å²) in [5.41, 5.74) is 10.2. The minimum Gasteiger partial charge on any atom is -0.368 e. The average Bonchev–Trinajstić information content (AvgIpc) is 3.55. The molecule has 0 spiro atoms. The lowest BCUT2D eigenvalue weighted by Gasteiger charge is -2.33. The maximum atomic E-state index is 13.0. The molecular weight excluding hydrogens is 587 g/mol. The zero-order valence-electron chi connectivity index (χ0n) is 25.0. The lowest BCUT2D eigenvalue weighted by Crippen LogP contribution is -2.48. The van der Waals surface area contributed by atoms with Crippen molar-refractivity contribution >= 4 is 44.2 Å². The van der Waals surface area contributed by atoms with E-state index in [1.165, 1.54) is 17.2 Å². The monoisotopic (exact) mass is 625 g/mol. The third-order valence-electron chi connectivity index (χ3n) is 8.96. The van der Waals surface area contributed by atoms with Crippen molar-refractivity contribution in [3.63, 3.8) is 0 Å². The minimum atomic E-state index is -4.28. The fourth-order valence-corrected chi connectivity index (χ4v) is 7.60. The summed E-state index contributed by atoms with van der Waals surface area (Å²) >= 11 is 1.01. The summed E-state index contributed by atoms with van der Waals surface area (Å²) in [6.07, 6.45) is -3.54. The van der Waals surface area contributed by atoms with E-state index in [4.69, 9.17) is 5.73 Å². The van der Waals surface area contributed by atoms with Gasteiger partial charge in [-0.3, -0.25) is 9.80 Å². The van der Waals surface area contributed by atoms with Gasteiger partial charge in [-0.05, 0) is 56.0 Å². The molecule has 2 fully saturated rings. The van der Waals surface area contributed by atoms with Crippen LogP contribution in [0.5, 0.6) is 0 Å². The summed E-state index contributed by atoms with van der Waals surface area (Å²) in [5.74, 6) is 0.552. The summed E-state index contributed by atoms with van der Waals surface area (Å²) in [6, 6.07) is 10.8. The van der Waals surface area contributed by atoms with Crippen LogP contribution in [0.15, 0.2) is 24.3 Å². The van der Waals surface area contributed by atoms with E-state index in [1.807, 2.05) is 6.07 Å². The Labute approximate surface area is 258 Å². The molecule has 44 heavy (non-hydrogen) atoms. The van der Waals surface area contributed by atoms with E-state index in [2.05, 4.69) is 67.0 Å². The van der Waals surface area contributed by atoms with Crippen LogP contribution in [0.4, 0.5) is 24.9 Å². The van der Waals surface area contributed by atoms with E-state index in [9.17, 15) is 18.4 Å². The number of thiophene rings is 1. The van der Waals surface area contributed by atoms with Gasteiger partial charge in [-0.2, -0.15) is 23.4 Å². The zero-order chi connectivity index (χ0) is 31.0. The van der Waals surface area contributed by atoms with Gasteiger partial charge >= 0.3 is 6.18 Å². The van der Waals surface area contributed by atoms with Gasteiger partial charge in [0.25, 0.3) is 0 Å². The third kappa shape index (κ3) is 6.63. The number of nitrogens with two attached hydrogens (primary N) is 1. The number of anilines is 2. The Kier molecular flexibility index (Phi) is 8.70. The fraction of sp³-hybridized carbons (Fsp3) is 0.516. The molecule has 13 heteroatoms. The van der Waals surface area contributed by atoms with E-state index in [0.717, 1.165) is 87.4 Å². The van der Waals surface area contributed by atoms with Crippen LogP contribution >= 0.6 is 11.3 Å². The number of piperidine rings is 1. The van der Waals surface area contributed by atoms with Crippen LogP contribution in [0.3, 0.4) is 0 Å². The van der Waals surface area contributed by atoms with Crippen molar-refractivity contribution in [2.45, 2.75) is 64.5 Å². The first-order valence-electron chi connectivity index (χ1n) is 15.2. The van der Waals surface area contributed by atoms with E-state index >= 15 is 0 Å². The van der Waals surface area contributed by atoms with Gasteiger partial charge in [0.1, 0.15) is 22.4 Å². The van der Waals surface area contributed by atoms with Crippen molar-refractivity contribution in [3.05, 3.63) is 46.0 Å². The van der Waals surface area contributed by atoms with Crippen molar-refractivity contribution in [2.24, 2.45) is 0 Å². The average molecular weight is 626 g/mol. The standard InChI is InChI=1S/C31H38F3N9S/c1-19(42-11-7-37-8-12-42)17-43-23(16-35)13-25-20(2)21(3-4-27(25)43)18-41-9-5-22(6-10-41)38-28-26-14-24(15-31(32,33)34)44-29(26)40-30(36)39-28/h3-4,13-14,19,22,37H,5-12,15,17-18H2,1-2H3,(H3,36,38,39,40)/t19-/m0/s1. The third-order valence-corrected chi connectivity index (χ3v) is 9.99. The Balaban J connectivity index is 1.11. The van der Waals surface area contributed by atoms with Crippen LogP contribution in [0.1, 0.15) is 41.5 Å². The van der Waals surface area contributed by atoms with E-state index < -0.39 is 12.6 Å². The van der Waals surface area contributed by atoms with Crippen LogP contribution in [-0.4, -0.2) is 81.9 Å². The van der Waals surface area contributed by atoms with Gasteiger partial charge in [0, 0.05) is 80.2 Å². The number of fused-ring (bicyclic) bond motifs is 2. The molecule has 1 atom stereocenters. The van der Waals surface area contributed by atoms with Gasteiger partial charge < -0.3 is 20.9 Å². The van der Waals surface area contributed by atoms with Crippen LogP contribution in [0.25, 0.3) is 21.1 Å². The molecule has 6 rings (SSSR count). The topological polar surface area (TPSA) is 111 Å². The Morgan fingerprint density at radius 3 is 2.59 bits per heavy atom. The molecule has 0 bridgehead atoms. The highest BCUT2D eigenvalue weighted by atomic mass is 32.1. The first kappa shape index (κ1) is 30.6. The van der Waals surface area contributed by atoms with Gasteiger partial charge in [-0.1, -0.05) is 6.07 Å². The molecule has 0 saturated carbocycles. The fourth-order valence-electron chi connectivity index (χ4n) is 6.54. The quantitative estimate of drug-likeness (QED) is 0.254. The van der Waals surface area contributed by atoms with Crippen LogP contribution in [0.2, 0.25) is 0 Å². The number of likely N-dealkylation sites (tertiary alicyclic amines) is 1. The SMILES string of the molecule is Cc1c(CN2CCC(Nc3nc(N)nc4sc(CC(F)(F)F)cc34)CC2)ccc2c1cc(C#N)n2C[C@H](C)N1CCNCC1. The second-order valence-corrected chi connectivity index (χ2v) is 13.1. The molecule has 2 aliphatic rings. The molecule has 2 aliphatic heterocycles. The van der Waals surface area contributed by atoms with Gasteiger partial charge in [-0.15, -0.1) is 11.3 Å². The van der Waals surface area contributed by atoms with Crippen molar-refractivity contribution in [2.75, 3.05) is 50.3 Å². The van der Waals surface area contributed by atoms with Crippen molar-refractivity contribution in [3.8, 4) is 6.07 Å². The van der Waals surface area contributed by atoms with Crippen molar-refractivity contribution < 1.29 is 13.2 Å². The number of hydrogen-bond acceptors (Lipinski definition) is 9. The zero-order valence-corrected chi connectivity index (χ0v) is 25.9. The lowest BCUT2D eigenvalue weighted by atomic mass is 10.0. The van der Waals surface area contributed by atoms with Crippen LogP contribution in [-0.2, 0) is 19.5 Å². The van der Waals surface area contributed by atoms with Crippen molar-refractivity contribution in [1.82, 2.24) is 29.7 Å². The highest BCUT2D eigenvalue weighted by molar-refractivity contribution is 7.18. The Hall–Kier alpha value is -3.44. The summed E-state index contributed by atoms with van der Waals surface area (Å²) in [5, 5.41) is 18.5. The Bertz CT molecular complexity index is 1670. The number of nitrogens with zero attached hydrogens (tertiary/aromatic N) is 6. The maximum Gasteiger partial charge on any atom is 0.393 e. The summed E-state index contributed by atoms with van der Waals surface area (Å²) in [7, 11) is 0. The molecule has 4 N–H and O–H groups in total. The number of piperazine rings is 1. The van der Waals surface area contributed by atoms with Crippen LogP contribution in [0, 0.1) is 18.3 Å². The smallest absolute Gasteiger partial charge is 0.368 e. The van der Waals surface area contributed by atoms with Crippen molar-refractivity contribution in [1.29, 1.82) is 5.26 Å². The molecule has 0 radical (unpaired) electrons. The number of nitrogen functional groups attached to an aromatic ring is 1. The predicted molar refractivity (Wildman–Crippen MR) is 169 cm³/mol. The molecule has 5 heterocycles. The first-order valence-corrected chi connectivity index (χ1v) is 16.0. The summed E-state index contributed by atoms with van der Waals surface area (Å²) in [6.45, 7) is 11.8. The molecule has 2 saturated heterocycles. The van der Waals surface area contributed by atoms with E-state index in [-0.39, 0.29) is 16.9 Å². The largest absolute Gasteiger partial charge is 0.393 e. The van der Waals surface area contributed by atoms with Gasteiger partial charge in [0.2, 0.25) is 5.95 Å². The molecule has 0 amide bonds. The van der Waals surface area contributed by atoms with Gasteiger partial charge in [0.05, 0.1) is 11.8 Å². The molecule has 9 nitrogen and oxygen atoms in total. The number of rotatable bonds is 8. The number of halogens is 3. The Morgan fingerprint density at radius 2 is 1.89 bits per heavy atom. The van der Waals surface area contributed by atoms with Gasteiger partial charge in [0.15, 0.2) is 0 Å². The lowest BCUT2D eigenvalue weighted by molar-refractivity contribution is -0.126. The molecule has 0 aliphatic carbocycles.